The molecule has 2 aromatic carbocycles. The van der Waals surface area contributed by atoms with Gasteiger partial charge in [0.2, 0.25) is 0 Å². The summed E-state index contributed by atoms with van der Waals surface area (Å²) in [5, 5.41) is 152. The van der Waals surface area contributed by atoms with Gasteiger partial charge < -0.3 is 148 Å². The summed E-state index contributed by atoms with van der Waals surface area (Å²) in [5.74, 6) is -3.14. The number of benzene rings is 2. The Morgan fingerprint density at radius 1 is 0.553 bits per heavy atom. The van der Waals surface area contributed by atoms with E-state index in [0.29, 0.717) is 102 Å². The number of methoxy groups -OCH3 is 2. The van der Waals surface area contributed by atoms with Gasteiger partial charge in [0.15, 0.2) is 31.5 Å². The van der Waals surface area contributed by atoms with E-state index in [0.717, 1.165) is 23.6 Å². The van der Waals surface area contributed by atoms with Crippen LogP contribution in [0.2, 0.25) is 0 Å². The number of likely N-dealkylation sites (N-methyl/N-ethyl adjacent to an activating group) is 4. The molecule has 6 aliphatic heterocycles. The lowest BCUT2D eigenvalue weighted by molar-refractivity contribution is -0.326. The minimum Gasteiger partial charge on any atom is -0.494 e. The SMILES string of the molecule is CC[C@H]1OC(=O)[C@H](C)[C@@H](O[C@H]2C[C@@](C)(OC)[C@@H](O)[C@H](C)O2)[C@H](C)[C@@H](O[C@@H]2O[C@H](C)C[C@H](N(C)CCc3cn(CCCOc4ccc(N)cc4)nn3)[C@H]2O)[C@](C)(O)C[C@@H](C)CN(C)[C@H](C)[C@@H](O)[C@]1(C)O.CC[C@H]1O[C@@H](O)[C@H](C)[C@@H](O[C@H]2C[C@@](C)(OC)[C@@H](O)[C@H](C)O2)[C@H](C)[C@@H](O[C@@H]2O[C@H](C)C[C@H](N(C)CCc3cn(CCCOc4ccc(N=[N+]=[N-])cc4)nn3)[C@H]2O)[C@](C)(O)C[C@@H](C)CN(C)[C@H](C)[C@@H](O)[C@]1(C)O.[N-]=[N+]=NS(=O)(=O)C(F)(F)F. The summed E-state index contributed by atoms with van der Waals surface area (Å²) in [4.78, 5) is 26.7. The number of carbonyl (C=O) groups is 1. The van der Waals surface area contributed by atoms with Gasteiger partial charge in [-0.3, -0.25) is 14.2 Å². The molecule has 6 saturated heterocycles. The summed E-state index contributed by atoms with van der Waals surface area (Å²) in [6.45, 7) is 39.6. The number of cyclic esters (lactones) is 1. The highest BCUT2D eigenvalue weighted by Crippen LogP contribution is 2.45. The van der Waals surface area contributed by atoms with Crippen molar-refractivity contribution < 1.29 is 149 Å². The highest BCUT2D eigenvalue weighted by molar-refractivity contribution is 7.90. The van der Waals surface area contributed by atoms with Crippen LogP contribution in [0.4, 0.5) is 24.5 Å². The van der Waals surface area contributed by atoms with Gasteiger partial charge in [-0.15, -0.1) is 10.2 Å². The number of ether oxygens (including phenoxy) is 14. The molecule has 0 radical (unpaired) electrons. The Morgan fingerprint density at radius 2 is 0.953 bits per heavy atom. The first-order chi connectivity index (χ1) is 70.0. The Morgan fingerprint density at radius 3 is 1.34 bits per heavy atom. The van der Waals surface area contributed by atoms with Crippen molar-refractivity contribution in [3.05, 3.63) is 93.2 Å². The number of carbonyl (C=O) groups excluding carboxylic acids is 1. The van der Waals surface area contributed by atoms with Crippen LogP contribution in [0.1, 0.15) is 214 Å². The number of rotatable bonds is 32. The fourth-order valence-corrected chi connectivity index (χ4v) is 21.8. The van der Waals surface area contributed by atoms with Gasteiger partial charge in [0, 0.05) is 172 Å². The first-order valence-corrected chi connectivity index (χ1v) is 53.5. The molecule has 45 nitrogen and oxygen atoms in total. The van der Waals surface area contributed by atoms with Gasteiger partial charge in [-0.05, 0) is 228 Å². The van der Waals surface area contributed by atoms with Crippen molar-refractivity contribution in [2.75, 3.05) is 87.5 Å². The zero-order valence-corrected chi connectivity index (χ0v) is 92.8. The highest BCUT2D eigenvalue weighted by Gasteiger charge is 2.57. The molecular weight excluding hydrogens is 1990 g/mol. The van der Waals surface area contributed by atoms with Crippen LogP contribution < -0.4 is 15.2 Å². The number of azide groups is 2. The summed E-state index contributed by atoms with van der Waals surface area (Å²) >= 11 is 0. The second kappa shape index (κ2) is 55.7. The van der Waals surface area contributed by atoms with Crippen LogP contribution in [0, 0.1) is 35.5 Å². The Bertz CT molecular complexity index is 4970. The van der Waals surface area contributed by atoms with Crippen LogP contribution in [0.25, 0.3) is 20.9 Å². The number of nitrogens with zero attached hydrogens (tertiary/aromatic N) is 16. The zero-order valence-electron chi connectivity index (χ0n) is 91.9. The van der Waals surface area contributed by atoms with E-state index in [2.05, 4.69) is 40.4 Å². The molecule has 49 heteroatoms. The van der Waals surface area contributed by atoms with Crippen molar-refractivity contribution in [3.63, 3.8) is 0 Å². The molecule has 6 aliphatic rings. The largest absolute Gasteiger partial charge is 0.504 e. The summed E-state index contributed by atoms with van der Waals surface area (Å²) in [5.41, 5.74) is 10.1. The maximum atomic E-state index is 14.5. The molecule has 13 N–H and O–H groups in total. The van der Waals surface area contributed by atoms with Crippen molar-refractivity contribution in [2.45, 2.75) is 421 Å². The number of sulfonamides is 1. The van der Waals surface area contributed by atoms with Crippen molar-refractivity contribution in [1.29, 1.82) is 0 Å². The minimum absolute atomic E-state index is 0.105. The predicted octanol–water partition coefficient (Wildman–Crippen LogP) is 8.61. The summed E-state index contributed by atoms with van der Waals surface area (Å²) in [6.07, 6.45) is -12.7. The predicted molar refractivity (Wildman–Crippen MR) is 545 cm³/mol. The van der Waals surface area contributed by atoms with Gasteiger partial charge in [0.05, 0.1) is 108 Å². The smallest absolute Gasteiger partial charge is 0.494 e. The average molecular weight is 2160 g/mol. The van der Waals surface area contributed by atoms with E-state index < -0.39 is 220 Å². The molecule has 0 amide bonds. The van der Waals surface area contributed by atoms with Crippen LogP contribution >= 0.6 is 0 Å². The fraction of sp³-hybridized carbons (Fsp3) is 0.832. The highest BCUT2D eigenvalue weighted by atomic mass is 32.2. The number of alkyl halides is 3. The maximum Gasteiger partial charge on any atom is 0.504 e. The normalized spacial score (nSPS) is 38.4. The molecule has 10 rings (SSSR count). The number of nitrogen functional groups attached to an aromatic ring is 1. The molecule has 6 fully saturated rings. The third kappa shape index (κ3) is 34.0. The van der Waals surface area contributed by atoms with E-state index in [1.54, 1.807) is 120 Å². The number of aliphatic hydroxyl groups is 11. The van der Waals surface area contributed by atoms with E-state index in [9.17, 15) is 82.6 Å². The molecular formula is C101H172F3N17O28S. The number of aliphatic hydroxyl groups excluding tert-OH is 7. The van der Waals surface area contributed by atoms with E-state index in [1.807, 2.05) is 118 Å². The summed E-state index contributed by atoms with van der Waals surface area (Å²) in [6, 6.07) is 12.2. The van der Waals surface area contributed by atoms with Gasteiger partial charge in [-0.25, -0.2) is 8.42 Å². The lowest BCUT2D eigenvalue weighted by Crippen LogP contribution is -2.61. The number of aryl methyl sites for hydroxylation is 2. The van der Waals surface area contributed by atoms with Gasteiger partial charge >= 0.3 is 21.5 Å². The minimum atomic E-state index is -5.64. The topological polar surface area (TPSA) is 601 Å². The van der Waals surface area contributed by atoms with Crippen LogP contribution in [-0.2, 0) is 97.6 Å². The van der Waals surface area contributed by atoms with Crippen molar-refractivity contribution in [1.82, 2.24) is 49.6 Å². The molecule has 0 aliphatic carbocycles. The number of anilines is 1. The van der Waals surface area contributed by atoms with Crippen molar-refractivity contribution in [3.8, 4) is 11.5 Å². The van der Waals surface area contributed by atoms with Gasteiger partial charge in [-0.2, -0.15) is 13.2 Å². The number of esters is 1. The maximum absolute atomic E-state index is 14.5. The Kier molecular flexibility index (Phi) is 47.6. The van der Waals surface area contributed by atoms with E-state index in [-0.39, 0.29) is 62.6 Å². The van der Waals surface area contributed by atoms with E-state index in [4.69, 9.17) is 83.1 Å². The molecule has 0 bridgehead atoms. The molecule has 0 saturated carbocycles. The molecule has 4 aromatic rings. The Balaban J connectivity index is 0.000000334. The van der Waals surface area contributed by atoms with Gasteiger partial charge in [0.1, 0.15) is 65.4 Å². The first-order valence-electron chi connectivity index (χ1n) is 52.1. The Hall–Kier alpha value is -7.09. The summed E-state index contributed by atoms with van der Waals surface area (Å²) < 4.78 is 147. The number of nitrogens with two attached hydrogens (primary N) is 1. The molecule has 8 heterocycles. The molecule has 2 aromatic heterocycles. The fourth-order valence-electron chi connectivity index (χ4n) is 21.6. The second-order valence-corrected chi connectivity index (χ2v) is 45.3. The van der Waals surface area contributed by atoms with Crippen LogP contribution in [0.3, 0.4) is 0 Å². The third-order valence-electron chi connectivity index (χ3n) is 30.9. The molecule has 0 spiro atoms. The number of aromatic nitrogens is 6. The van der Waals surface area contributed by atoms with Crippen LogP contribution in [0.15, 0.2) is 70.6 Å². The molecule has 150 heavy (non-hydrogen) atoms. The van der Waals surface area contributed by atoms with Crippen LogP contribution in [-0.4, -0.2) is 394 Å². The first kappa shape index (κ1) is 128. The van der Waals surface area contributed by atoms with Crippen molar-refractivity contribution >= 4 is 27.4 Å². The quantitative estimate of drug-likeness (QED) is 0.00543. The lowest BCUT2D eigenvalue weighted by Gasteiger charge is -2.49. The van der Waals surface area contributed by atoms with Crippen molar-refractivity contribution in [2.24, 2.45) is 45.1 Å². The Labute approximate surface area is 880 Å². The lowest BCUT2D eigenvalue weighted by atomic mass is 9.77. The molecule has 37 atom stereocenters. The molecule has 0 unspecified atom stereocenters. The second-order valence-electron chi connectivity index (χ2n) is 43.7. The van der Waals surface area contributed by atoms with Gasteiger partial charge in [-0.1, -0.05) is 64.0 Å². The zero-order chi connectivity index (χ0) is 112. The number of halogens is 3. The monoisotopic (exact) mass is 2160 g/mol. The number of hydrogen-bond acceptors (Lipinski definition) is 38. The van der Waals surface area contributed by atoms with Gasteiger partial charge in [0.25, 0.3) is 0 Å². The third-order valence-corrected chi connectivity index (χ3v) is 31.8. The van der Waals surface area contributed by atoms with Crippen LogP contribution in [0.5, 0.6) is 11.5 Å². The molecule has 856 valence electrons. The average Bonchev–Trinajstić information content (AvgIpc) is 1.08. The number of hydrogen-bond donors (Lipinski definition) is 12. The summed E-state index contributed by atoms with van der Waals surface area (Å²) in [7, 11) is 4.95. The van der Waals surface area contributed by atoms with E-state index >= 15 is 0 Å². The van der Waals surface area contributed by atoms with E-state index in [1.165, 1.54) is 33.0 Å². The standard InChI is InChI=1S/C50H86N8O13.C50H86N6O13.CF3N3O2S/c1-14-39-50(10,64)43(60)33(6)57(12)27-29(2)25-48(8,63)45(31(4)42(32(5)46(62)69-39)70-40-26-49(9,65-13)44(61)34(7)68-40)71-47-41(59)38(24-30(3)67-47)56(11)22-20-36-28-58(55-53-36)21-15-23-66-37-18-16-35(17-19-37)52-54-51;1-14-39-50(10,62)43(58)33(6)55(12)27-29(2)25-48(8,61)45(31(4)42(32(5)46(60)67-39)68-40-26-49(9,63-13)44(59)34(7)66-40)69-47-41(57)38(24-30(3)65-47)54(11)22-20-36-28-56(53-52-36)21-15-23-64-37-18-16-35(51)17-19-37;2-1(3,4)10(8,9)7-6-5/h16-19,28-34,38-47,59-64H,14-15,20-27H2,1-13H3;16-19,28-34,38-45,47,57-59,61-62H,14-15,20-27,51H2,1-13H3;/t29-,30-,31+,32-,33-,34+,38+,39-,40+,41-,42+,43-,44+,45-,46-,47+,48-,49-,50-;29-,30-,31+,32-,33-,34+,38+,39-,40+,41-,42+,43-,44+,45-,47+,48-,49-,50-;/m11./s1.